The maximum Gasteiger partial charge on any atom is 0.317 e. The SMILES string of the molecule is CCCCCNC(=O)N(C)Cc1ccc(Cl)s1. The van der Waals surface area contributed by atoms with Gasteiger partial charge in [0.15, 0.2) is 0 Å². The van der Waals surface area contributed by atoms with E-state index >= 15 is 0 Å². The van der Waals surface area contributed by atoms with Gasteiger partial charge in [0.05, 0.1) is 10.9 Å². The van der Waals surface area contributed by atoms with E-state index in [9.17, 15) is 4.79 Å². The van der Waals surface area contributed by atoms with Crippen molar-refractivity contribution < 1.29 is 4.79 Å². The number of halogens is 1. The molecule has 1 aromatic rings. The monoisotopic (exact) mass is 274 g/mol. The molecule has 1 heterocycles. The van der Waals surface area contributed by atoms with Crippen molar-refractivity contribution in [2.45, 2.75) is 32.7 Å². The van der Waals surface area contributed by atoms with Crippen molar-refractivity contribution in [1.29, 1.82) is 0 Å². The summed E-state index contributed by atoms with van der Waals surface area (Å²) in [5.41, 5.74) is 0. The predicted octanol–water partition coefficient (Wildman–Crippen LogP) is 3.73. The topological polar surface area (TPSA) is 32.3 Å². The van der Waals surface area contributed by atoms with E-state index in [1.54, 1.807) is 11.9 Å². The molecule has 5 heteroatoms. The number of hydrogen-bond acceptors (Lipinski definition) is 2. The third-order valence-electron chi connectivity index (χ3n) is 2.43. The van der Waals surface area contributed by atoms with Crippen LogP contribution in [0.15, 0.2) is 12.1 Å². The number of carbonyl (C=O) groups is 1. The Kier molecular flexibility index (Phi) is 6.37. The summed E-state index contributed by atoms with van der Waals surface area (Å²) in [5, 5.41) is 2.90. The van der Waals surface area contributed by atoms with E-state index in [2.05, 4.69) is 12.2 Å². The van der Waals surface area contributed by atoms with Crippen molar-refractivity contribution in [1.82, 2.24) is 10.2 Å². The summed E-state index contributed by atoms with van der Waals surface area (Å²) < 4.78 is 0.761. The zero-order valence-corrected chi connectivity index (χ0v) is 11.9. The van der Waals surface area contributed by atoms with Crippen LogP contribution in [0.3, 0.4) is 0 Å². The lowest BCUT2D eigenvalue weighted by Gasteiger charge is -2.16. The molecule has 1 N–H and O–H groups in total. The second-order valence-electron chi connectivity index (χ2n) is 4.00. The van der Waals surface area contributed by atoms with Gasteiger partial charge in [-0.05, 0) is 18.6 Å². The van der Waals surface area contributed by atoms with Gasteiger partial charge in [-0.25, -0.2) is 4.79 Å². The van der Waals surface area contributed by atoms with Crippen LogP contribution in [0.25, 0.3) is 0 Å². The molecule has 0 spiro atoms. The van der Waals surface area contributed by atoms with E-state index in [0.717, 1.165) is 28.6 Å². The number of nitrogens with one attached hydrogen (secondary N) is 1. The van der Waals surface area contributed by atoms with Crippen LogP contribution < -0.4 is 5.32 Å². The van der Waals surface area contributed by atoms with Crippen molar-refractivity contribution in [2.75, 3.05) is 13.6 Å². The molecule has 96 valence electrons. The average Bonchev–Trinajstić information content (AvgIpc) is 2.70. The van der Waals surface area contributed by atoms with Crippen molar-refractivity contribution >= 4 is 29.0 Å². The predicted molar refractivity (Wildman–Crippen MR) is 73.7 cm³/mol. The highest BCUT2D eigenvalue weighted by Crippen LogP contribution is 2.22. The Morgan fingerprint density at radius 1 is 1.47 bits per heavy atom. The molecule has 0 aliphatic carbocycles. The lowest BCUT2D eigenvalue weighted by atomic mass is 10.2. The van der Waals surface area contributed by atoms with E-state index in [-0.39, 0.29) is 6.03 Å². The fourth-order valence-corrected chi connectivity index (χ4v) is 2.59. The molecule has 0 aromatic carbocycles. The molecule has 1 rings (SSSR count). The van der Waals surface area contributed by atoms with Crippen LogP contribution in [0, 0.1) is 0 Å². The fourth-order valence-electron chi connectivity index (χ4n) is 1.45. The standard InChI is InChI=1S/C12H19ClN2OS/c1-3-4-5-8-14-12(16)15(2)9-10-6-7-11(13)17-10/h6-7H,3-5,8-9H2,1-2H3,(H,14,16). The Balaban J connectivity index is 2.27. The molecule has 0 fully saturated rings. The minimum absolute atomic E-state index is 0.0226. The minimum atomic E-state index is -0.0226. The van der Waals surface area contributed by atoms with Crippen LogP contribution in [0.5, 0.6) is 0 Å². The summed E-state index contributed by atoms with van der Waals surface area (Å²) in [7, 11) is 1.79. The van der Waals surface area contributed by atoms with Crippen molar-refractivity contribution in [3.05, 3.63) is 21.3 Å². The number of carbonyl (C=O) groups excluding carboxylic acids is 1. The summed E-state index contributed by atoms with van der Waals surface area (Å²) in [6.45, 7) is 3.51. The van der Waals surface area contributed by atoms with Crippen LogP contribution in [-0.2, 0) is 6.54 Å². The third-order valence-corrected chi connectivity index (χ3v) is 3.64. The first kappa shape index (κ1) is 14.3. The van der Waals surface area contributed by atoms with E-state index in [4.69, 9.17) is 11.6 Å². The Morgan fingerprint density at radius 2 is 2.24 bits per heavy atom. The first-order valence-electron chi connectivity index (χ1n) is 5.86. The average molecular weight is 275 g/mol. The van der Waals surface area contributed by atoms with Gasteiger partial charge in [0.2, 0.25) is 0 Å². The second kappa shape index (κ2) is 7.56. The highest BCUT2D eigenvalue weighted by atomic mass is 35.5. The Bertz CT molecular complexity index is 354. The Hall–Kier alpha value is -0.740. The molecule has 0 radical (unpaired) electrons. The summed E-state index contributed by atoms with van der Waals surface area (Å²) in [5.74, 6) is 0. The number of unbranched alkanes of at least 4 members (excludes halogenated alkanes) is 2. The molecule has 17 heavy (non-hydrogen) atoms. The zero-order valence-electron chi connectivity index (χ0n) is 10.3. The second-order valence-corrected chi connectivity index (χ2v) is 5.80. The summed E-state index contributed by atoms with van der Waals surface area (Å²) in [6, 6.07) is 3.79. The minimum Gasteiger partial charge on any atom is -0.338 e. The smallest absolute Gasteiger partial charge is 0.317 e. The van der Waals surface area contributed by atoms with Crippen LogP contribution in [0.4, 0.5) is 4.79 Å². The first-order valence-corrected chi connectivity index (χ1v) is 7.06. The van der Waals surface area contributed by atoms with Crippen LogP contribution in [0.1, 0.15) is 31.1 Å². The highest BCUT2D eigenvalue weighted by Gasteiger charge is 2.09. The van der Waals surface area contributed by atoms with Gasteiger partial charge in [-0.1, -0.05) is 31.4 Å². The molecule has 0 saturated carbocycles. The molecule has 0 unspecified atom stereocenters. The van der Waals surface area contributed by atoms with Crippen molar-refractivity contribution in [3.63, 3.8) is 0 Å². The van der Waals surface area contributed by atoms with E-state index in [1.165, 1.54) is 17.8 Å². The van der Waals surface area contributed by atoms with Gasteiger partial charge in [-0.2, -0.15) is 0 Å². The van der Waals surface area contributed by atoms with Gasteiger partial charge in [0, 0.05) is 18.5 Å². The quantitative estimate of drug-likeness (QED) is 0.788. The number of rotatable bonds is 6. The summed E-state index contributed by atoms with van der Waals surface area (Å²) >= 11 is 7.35. The molecule has 1 aromatic heterocycles. The lowest BCUT2D eigenvalue weighted by molar-refractivity contribution is 0.207. The largest absolute Gasteiger partial charge is 0.338 e. The zero-order chi connectivity index (χ0) is 12.7. The summed E-state index contributed by atoms with van der Waals surface area (Å²) in [4.78, 5) is 14.5. The molecular weight excluding hydrogens is 256 g/mol. The summed E-state index contributed by atoms with van der Waals surface area (Å²) in [6.07, 6.45) is 3.37. The fraction of sp³-hybridized carbons (Fsp3) is 0.583. The number of urea groups is 1. The number of thiophene rings is 1. The molecule has 0 saturated heterocycles. The first-order chi connectivity index (χ1) is 8.13. The molecule has 0 aliphatic heterocycles. The number of nitrogens with zero attached hydrogens (tertiary/aromatic N) is 1. The number of hydrogen-bond donors (Lipinski definition) is 1. The lowest BCUT2D eigenvalue weighted by Crippen LogP contribution is -2.37. The van der Waals surface area contributed by atoms with Crippen LogP contribution >= 0.6 is 22.9 Å². The maximum atomic E-state index is 11.7. The van der Waals surface area contributed by atoms with Gasteiger partial charge in [-0.3, -0.25) is 0 Å². The Labute approximate surface area is 112 Å². The molecule has 0 aliphatic rings. The molecule has 0 atom stereocenters. The van der Waals surface area contributed by atoms with Gasteiger partial charge in [-0.15, -0.1) is 11.3 Å². The van der Waals surface area contributed by atoms with Gasteiger partial charge >= 0.3 is 6.03 Å². The van der Waals surface area contributed by atoms with E-state index in [0.29, 0.717) is 6.54 Å². The highest BCUT2D eigenvalue weighted by molar-refractivity contribution is 7.16. The van der Waals surface area contributed by atoms with Gasteiger partial charge < -0.3 is 10.2 Å². The van der Waals surface area contributed by atoms with Crippen LogP contribution in [-0.4, -0.2) is 24.5 Å². The molecule has 2 amide bonds. The van der Waals surface area contributed by atoms with E-state index < -0.39 is 0 Å². The number of amides is 2. The Morgan fingerprint density at radius 3 is 2.82 bits per heavy atom. The van der Waals surface area contributed by atoms with Gasteiger partial charge in [0.25, 0.3) is 0 Å². The molecule has 3 nitrogen and oxygen atoms in total. The van der Waals surface area contributed by atoms with Crippen molar-refractivity contribution in [2.24, 2.45) is 0 Å². The van der Waals surface area contributed by atoms with E-state index in [1.807, 2.05) is 12.1 Å². The van der Waals surface area contributed by atoms with Crippen molar-refractivity contribution in [3.8, 4) is 0 Å². The maximum absolute atomic E-state index is 11.7. The normalized spacial score (nSPS) is 10.3. The van der Waals surface area contributed by atoms with Gasteiger partial charge in [0.1, 0.15) is 0 Å². The third kappa shape index (κ3) is 5.41. The molecular formula is C12H19ClN2OS. The molecule has 0 bridgehead atoms. The van der Waals surface area contributed by atoms with Crippen LogP contribution in [0.2, 0.25) is 4.34 Å².